The Labute approximate surface area is 140 Å². The Morgan fingerprint density at radius 3 is 2.56 bits per heavy atom. The summed E-state index contributed by atoms with van der Waals surface area (Å²) in [5, 5.41) is 0. The fourth-order valence-electron chi connectivity index (χ4n) is 2.53. The normalized spacial score (nSPS) is 12.2. The van der Waals surface area contributed by atoms with Crippen LogP contribution in [0.2, 0.25) is 0 Å². The molecule has 2 aliphatic rings. The fourth-order valence-corrected chi connectivity index (χ4v) is 2.85. The molecule has 0 unspecified atom stereocenters. The number of hydrogen-bond acceptors (Lipinski definition) is 6. The average Bonchev–Trinajstić information content (AvgIpc) is 2.48. The molecule has 0 aromatic heterocycles. The highest BCUT2D eigenvalue weighted by Gasteiger charge is 2.20. The second-order valence-corrected chi connectivity index (χ2v) is 6.80. The lowest BCUT2D eigenvalue weighted by Gasteiger charge is -2.17. The van der Waals surface area contributed by atoms with Gasteiger partial charge in [-0.2, -0.15) is 4.98 Å². The van der Waals surface area contributed by atoms with Gasteiger partial charge in [-0.3, -0.25) is 14.3 Å². The summed E-state index contributed by atoms with van der Waals surface area (Å²) in [6.07, 6.45) is 0. The maximum atomic E-state index is 12.1. The maximum Gasteiger partial charge on any atom is 0.469 e. The molecule has 0 spiro atoms. The molecule has 0 fully saturated rings. The molecule has 0 atom stereocenters. The summed E-state index contributed by atoms with van der Waals surface area (Å²) in [5.41, 5.74) is 1.44. The summed E-state index contributed by atoms with van der Waals surface area (Å²) in [4.78, 5) is 51.4. The van der Waals surface area contributed by atoms with Gasteiger partial charge in [-0.15, -0.1) is 0 Å². The number of nitrogens with zero attached hydrogens (tertiary/aromatic N) is 3. The van der Waals surface area contributed by atoms with Crippen LogP contribution in [0.15, 0.2) is 21.7 Å². The second-order valence-electron chi connectivity index (χ2n) is 5.56. The molecule has 11 heteroatoms. The van der Waals surface area contributed by atoms with Crippen LogP contribution in [0.1, 0.15) is 11.1 Å². The van der Waals surface area contributed by atoms with Crippen molar-refractivity contribution >= 4 is 18.9 Å². The van der Waals surface area contributed by atoms with E-state index in [4.69, 9.17) is 9.79 Å². The number of benzene rings is 1. The highest BCUT2D eigenvalue weighted by atomic mass is 31.2. The minimum atomic E-state index is -4.64. The fraction of sp³-hybridized carbons (Fsp3) is 0.286. The number of H-pyrrole nitrogens is 1. The third-order valence-corrected chi connectivity index (χ3v) is 4.32. The number of phosphoric ester groups is 1. The lowest BCUT2D eigenvalue weighted by Crippen LogP contribution is -2.29. The summed E-state index contributed by atoms with van der Waals surface area (Å²) >= 11 is 0. The number of aryl methyl sites for hydroxylation is 2. The van der Waals surface area contributed by atoms with E-state index >= 15 is 0 Å². The summed E-state index contributed by atoms with van der Waals surface area (Å²) in [7, 11) is -4.64. The van der Waals surface area contributed by atoms with E-state index in [0.717, 1.165) is 11.1 Å². The quantitative estimate of drug-likeness (QED) is 0.441. The van der Waals surface area contributed by atoms with Crippen LogP contribution in [0.4, 0.5) is 0 Å². The Kier molecular flexibility index (Phi) is 4.29. The van der Waals surface area contributed by atoms with Crippen LogP contribution >= 0.6 is 7.82 Å². The van der Waals surface area contributed by atoms with Crippen molar-refractivity contribution in [2.75, 3.05) is 6.61 Å². The van der Waals surface area contributed by atoms with Gasteiger partial charge in [0.2, 0.25) is 0 Å². The van der Waals surface area contributed by atoms with Gasteiger partial charge in [0, 0.05) is 6.54 Å². The predicted molar refractivity (Wildman–Crippen MR) is 88.5 cm³/mol. The molecule has 10 nitrogen and oxygen atoms in total. The second kappa shape index (κ2) is 6.16. The molecule has 0 saturated carbocycles. The zero-order chi connectivity index (χ0) is 18.4. The number of aromatic nitrogens is 4. The summed E-state index contributed by atoms with van der Waals surface area (Å²) in [6, 6.07) is 3.59. The first-order chi connectivity index (χ1) is 11.7. The molecular formula is C14H15N4O6P. The molecule has 132 valence electrons. The first-order valence-electron chi connectivity index (χ1n) is 7.27. The first-order valence-corrected chi connectivity index (χ1v) is 8.80. The van der Waals surface area contributed by atoms with Gasteiger partial charge >= 0.3 is 13.5 Å². The SMILES string of the molecule is Cc1cc2nc3c(=O)[nH]c(=O)nc-3n(CCOP(=O)(O)O)c2cc1C. The smallest absolute Gasteiger partial charge is 0.320 e. The molecule has 0 saturated heterocycles. The van der Waals surface area contributed by atoms with Crippen molar-refractivity contribution in [3.8, 4) is 11.5 Å². The summed E-state index contributed by atoms with van der Waals surface area (Å²) in [5.74, 6) is 0.0267. The van der Waals surface area contributed by atoms with Gasteiger partial charge in [0.05, 0.1) is 17.6 Å². The van der Waals surface area contributed by atoms with E-state index in [1.54, 1.807) is 6.07 Å². The molecule has 3 rings (SSSR count). The molecular weight excluding hydrogens is 351 g/mol. The third kappa shape index (κ3) is 3.52. The number of rotatable bonds is 4. The van der Waals surface area contributed by atoms with Crippen molar-refractivity contribution in [1.29, 1.82) is 0 Å². The Balaban J connectivity index is 2.27. The maximum absolute atomic E-state index is 12.1. The molecule has 3 N–H and O–H groups in total. The van der Waals surface area contributed by atoms with Crippen molar-refractivity contribution in [2.45, 2.75) is 20.4 Å². The Bertz CT molecular complexity index is 1100. The number of nitrogens with one attached hydrogen (secondary N) is 1. The molecule has 1 aromatic carbocycles. The molecule has 1 aromatic rings. The van der Waals surface area contributed by atoms with Crippen LogP contribution in [-0.2, 0) is 15.6 Å². The minimum absolute atomic E-state index is 0.0267. The predicted octanol–water partition coefficient (Wildman–Crippen LogP) is 0.311. The van der Waals surface area contributed by atoms with E-state index in [1.165, 1.54) is 4.57 Å². The monoisotopic (exact) mass is 366 g/mol. The van der Waals surface area contributed by atoms with Crippen molar-refractivity contribution in [3.63, 3.8) is 0 Å². The van der Waals surface area contributed by atoms with Crippen LogP contribution in [0.25, 0.3) is 22.6 Å². The molecule has 0 radical (unpaired) electrons. The number of fused-ring (bicyclic) bond motifs is 2. The van der Waals surface area contributed by atoms with Crippen LogP contribution in [0.3, 0.4) is 0 Å². The number of aromatic amines is 1. The molecule has 0 aliphatic carbocycles. The van der Waals surface area contributed by atoms with Gasteiger partial charge in [-0.1, -0.05) is 0 Å². The third-order valence-electron chi connectivity index (χ3n) is 3.80. The van der Waals surface area contributed by atoms with Gasteiger partial charge in [0.25, 0.3) is 5.56 Å². The van der Waals surface area contributed by atoms with Crippen molar-refractivity contribution in [1.82, 2.24) is 19.5 Å². The summed E-state index contributed by atoms with van der Waals surface area (Å²) < 4.78 is 16.9. The van der Waals surface area contributed by atoms with Crippen molar-refractivity contribution in [2.24, 2.45) is 0 Å². The van der Waals surface area contributed by atoms with E-state index in [2.05, 4.69) is 19.5 Å². The molecule has 25 heavy (non-hydrogen) atoms. The number of phosphoric acid groups is 1. The van der Waals surface area contributed by atoms with Gasteiger partial charge in [-0.25, -0.2) is 14.3 Å². The van der Waals surface area contributed by atoms with Crippen LogP contribution in [-0.4, -0.2) is 35.9 Å². The molecule has 0 amide bonds. The molecule has 2 aliphatic heterocycles. The Hall–Kier alpha value is -2.39. The molecule has 0 bridgehead atoms. The van der Waals surface area contributed by atoms with E-state index < -0.39 is 19.1 Å². The topological polar surface area (TPSA) is 147 Å². The number of hydrogen-bond donors (Lipinski definition) is 3. The van der Waals surface area contributed by atoms with E-state index in [1.807, 2.05) is 19.9 Å². The van der Waals surface area contributed by atoms with Gasteiger partial charge < -0.3 is 14.4 Å². The lowest BCUT2D eigenvalue weighted by atomic mass is 10.1. The van der Waals surface area contributed by atoms with Crippen LogP contribution in [0.5, 0.6) is 0 Å². The highest BCUT2D eigenvalue weighted by molar-refractivity contribution is 7.46. The zero-order valence-electron chi connectivity index (χ0n) is 13.4. The Morgan fingerprint density at radius 2 is 1.88 bits per heavy atom. The highest BCUT2D eigenvalue weighted by Crippen LogP contribution is 2.35. The van der Waals surface area contributed by atoms with Crippen molar-refractivity contribution < 1.29 is 18.9 Å². The zero-order valence-corrected chi connectivity index (χ0v) is 14.3. The largest absolute Gasteiger partial charge is 0.469 e. The van der Waals surface area contributed by atoms with Gasteiger partial charge in [0.15, 0.2) is 11.5 Å². The average molecular weight is 366 g/mol. The lowest BCUT2D eigenvalue weighted by molar-refractivity contribution is 0.191. The summed E-state index contributed by atoms with van der Waals surface area (Å²) in [6.45, 7) is 3.42. The van der Waals surface area contributed by atoms with E-state index in [9.17, 15) is 14.2 Å². The van der Waals surface area contributed by atoms with Gasteiger partial charge in [0.1, 0.15) is 0 Å². The minimum Gasteiger partial charge on any atom is -0.320 e. The van der Waals surface area contributed by atoms with E-state index in [0.29, 0.717) is 11.0 Å². The van der Waals surface area contributed by atoms with Crippen LogP contribution < -0.4 is 11.2 Å². The van der Waals surface area contributed by atoms with Crippen LogP contribution in [0, 0.1) is 13.8 Å². The Morgan fingerprint density at radius 1 is 1.20 bits per heavy atom. The first kappa shape index (κ1) is 17.4. The van der Waals surface area contributed by atoms with Gasteiger partial charge in [-0.05, 0) is 37.1 Å². The standard InChI is InChI=1S/C14H15N4O6P/c1-7-5-9-10(6-8(7)2)18(3-4-24-25(21,22)23)12-11(15-9)13(19)17-14(20)16-12/h5-6H,3-4H2,1-2H3,(H,17,19,20)(H2,21,22,23). The van der Waals surface area contributed by atoms with Crippen molar-refractivity contribution in [3.05, 3.63) is 44.1 Å². The van der Waals surface area contributed by atoms with E-state index in [-0.39, 0.29) is 24.7 Å². The molecule has 2 heterocycles.